The van der Waals surface area contributed by atoms with Crippen molar-refractivity contribution in [2.45, 2.75) is 19.5 Å². The lowest BCUT2D eigenvalue weighted by atomic mass is 9.99. The van der Waals surface area contributed by atoms with Crippen molar-refractivity contribution in [1.29, 1.82) is 0 Å². The quantitative estimate of drug-likeness (QED) is 0.598. The van der Waals surface area contributed by atoms with Crippen LogP contribution in [0.25, 0.3) is 10.8 Å². The monoisotopic (exact) mass is 351 g/mol. The van der Waals surface area contributed by atoms with Gasteiger partial charge in [-0.2, -0.15) is 0 Å². The summed E-state index contributed by atoms with van der Waals surface area (Å²) in [6.45, 7) is 3.07. The van der Waals surface area contributed by atoms with Crippen molar-refractivity contribution in [3.05, 3.63) is 71.8 Å². The first-order chi connectivity index (χ1) is 12.7. The number of nitrogens with one attached hydrogen (secondary N) is 1. The molecule has 3 rings (SSSR count). The van der Waals surface area contributed by atoms with Gasteiger partial charge in [0.25, 0.3) is 0 Å². The van der Waals surface area contributed by atoms with E-state index in [-0.39, 0.29) is 12.8 Å². The number of ether oxygens (including phenoxy) is 3. The van der Waals surface area contributed by atoms with Crippen LogP contribution in [0.5, 0.6) is 11.5 Å². The van der Waals surface area contributed by atoms with Gasteiger partial charge in [-0.05, 0) is 41.5 Å². The second kappa shape index (κ2) is 8.70. The maximum Gasteiger partial charge on any atom is 0.188 e. The van der Waals surface area contributed by atoms with E-state index in [0.717, 1.165) is 17.1 Å². The smallest absolute Gasteiger partial charge is 0.188 e. The summed E-state index contributed by atoms with van der Waals surface area (Å²) in [4.78, 5) is 0. The fraction of sp³-hybridized carbons (Fsp3) is 0.273. The van der Waals surface area contributed by atoms with Gasteiger partial charge in [-0.25, -0.2) is 0 Å². The number of methoxy groups -OCH3 is 2. The van der Waals surface area contributed by atoms with E-state index in [9.17, 15) is 0 Å². The minimum absolute atomic E-state index is 0.197. The average Bonchev–Trinajstić information content (AvgIpc) is 2.70. The van der Waals surface area contributed by atoms with Crippen molar-refractivity contribution in [3.8, 4) is 11.5 Å². The Bertz CT molecular complexity index is 858. The summed E-state index contributed by atoms with van der Waals surface area (Å²) >= 11 is 0. The molecule has 0 aliphatic heterocycles. The molecule has 0 heterocycles. The molecule has 0 unspecified atom stereocenters. The van der Waals surface area contributed by atoms with Crippen LogP contribution >= 0.6 is 0 Å². The average molecular weight is 351 g/mol. The van der Waals surface area contributed by atoms with E-state index in [1.807, 2.05) is 18.2 Å². The van der Waals surface area contributed by atoms with Crippen LogP contribution in [0.1, 0.15) is 24.1 Å². The molecular formula is C22H25NO3. The number of rotatable bonds is 8. The van der Waals surface area contributed by atoms with Gasteiger partial charge in [0.05, 0.1) is 7.11 Å². The molecule has 4 heteroatoms. The molecule has 0 aliphatic rings. The Morgan fingerprint density at radius 3 is 2.58 bits per heavy atom. The first-order valence-electron chi connectivity index (χ1n) is 8.72. The van der Waals surface area contributed by atoms with E-state index in [2.05, 4.69) is 54.7 Å². The molecule has 0 spiro atoms. The van der Waals surface area contributed by atoms with Gasteiger partial charge in [0, 0.05) is 25.3 Å². The first-order valence-corrected chi connectivity index (χ1v) is 8.72. The Morgan fingerprint density at radius 1 is 0.962 bits per heavy atom. The molecule has 1 atom stereocenters. The normalized spacial score (nSPS) is 12.1. The van der Waals surface area contributed by atoms with Gasteiger partial charge in [0.2, 0.25) is 0 Å². The van der Waals surface area contributed by atoms with Crippen LogP contribution in [0.4, 0.5) is 0 Å². The van der Waals surface area contributed by atoms with Gasteiger partial charge in [-0.1, -0.05) is 42.5 Å². The summed E-state index contributed by atoms with van der Waals surface area (Å²) in [5, 5.41) is 6.13. The second-order valence-electron chi connectivity index (χ2n) is 6.20. The van der Waals surface area contributed by atoms with Gasteiger partial charge in [0.1, 0.15) is 11.5 Å². The standard InChI is InChI=1S/C22H25NO3/c1-16(20-10-6-8-17-7-4-5-9-21(17)20)23-14-18-13-19(25-3)11-12-22(18)26-15-24-2/h4-13,16,23H,14-15H2,1-3H3/t16-/m0/s1. The maximum absolute atomic E-state index is 5.68. The highest BCUT2D eigenvalue weighted by atomic mass is 16.7. The van der Waals surface area contributed by atoms with E-state index in [4.69, 9.17) is 14.2 Å². The summed E-state index contributed by atoms with van der Waals surface area (Å²) in [5.41, 5.74) is 2.32. The molecule has 0 radical (unpaired) electrons. The Labute approximate surface area is 154 Å². The van der Waals surface area contributed by atoms with Crippen LogP contribution in [0.15, 0.2) is 60.7 Å². The molecule has 3 aromatic rings. The molecule has 1 N–H and O–H groups in total. The predicted molar refractivity (Wildman–Crippen MR) is 105 cm³/mol. The van der Waals surface area contributed by atoms with Crippen LogP contribution in [0, 0.1) is 0 Å². The maximum atomic E-state index is 5.68. The third-order valence-corrected chi connectivity index (χ3v) is 4.49. The summed E-state index contributed by atoms with van der Waals surface area (Å²) in [5.74, 6) is 1.61. The molecule has 0 saturated carbocycles. The summed E-state index contributed by atoms with van der Waals surface area (Å²) in [6, 6.07) is 20.9. The number of benzene rings is 3. The molecule has 4 nitrogen and oxygen atoms in total. The molecule has 0 fully saturated rings. The van der Waals surface area contributed by atoms with Crippen LogP contribution in [-0.4, -0.2) is 21.0 Å². The van der Waals surface area contributed by atoms with Crippen LogP contribution in [-0.2, 0) is 11.3 Å². The zero-order chi connectivity index (χ0) is 18.4. The highest BCUT2D eigenvalue weighted by Crippen LogP contribution is 2.27. The Hall–Kier alpha value is -2.56. The molecule has 0 aromatic heterocycles. The topological polar surface area (TPSA) is 39.7 Å². The largest absolute Gasteiger partial charge is 0.497 e. The molecule has 0 bridgehead atoms. The first kappa shape index (κ1) is 18.2. The van der Waals surface area contributed by atoms with Crippen LogP contribution in [0.2, 0.25) is 0 Å². The molecule has 3 aromatic carbocycles. The predicted octanol–water partition coefficient (Wildman–Crippen LogP) is 4.68. The Morgan fingerprint density at radius 2 is 1.77 bits per heavy atom. The number of hydrogen-bond acceptors (Lipinski definition) is 4. The summed E-state index contributed by atoms with van der Waals surface area (Å²) in [7, 11) is 3.28. The van der Waals surface area contributed by atoms with Gasteiger partial charge in [0.15, 0.2) is 6.79 Å². The van der Waals surface area contributed by atoms with Gasteiger partial charge in [-0.15, -0.1) is 0 Å². The fourth-order valence-corrected chi connectivity index (χ4v) is 3.09. The SMILES string of the molecule is COCOc1ccc(OC)cc1CN[C@@H](C)c1cccc2ccccc12. The van der Waals surface area contributed by atoms with Crippen LogP contribution < -0.4 is 14.8 Å². The van der Waals surface area contributed by atoms with Crippen LogP contribution in [0.3, 0.4) is 0 Å². The molecule has 0 saturated heterocycles. The highest BCUT2D eigenvalue weighted by molar-refractivity contribution is 5.86. The number of hydrogen-bond donors (Lipinski definition) is 1. The highest BCUT2D eigenvalue weighted by Gasteiger charge is 2.11. The molecule has 136 valence electrons. The van der Waals surface area contributed by atoms with E-state index in [1.165, 1.54) is 16.3 Å². The molecule has 0 amide bonds. The Balaban J connectivity index is 1.79. The van der Waals surface area contributed by atoms with Gasteiger partial charge < -0.3 is 19.5 Å². The summed E-state index contributed by atoms with van der Waals surface area (Å²) in [6.07, 6.45) is 0. The lowest BCUT2D eigenvalue weighted by Crippen LogP contribution is -2.19. The zero-order valence-corrected chi connectivity index (χ0v) is 15.5. The van der Waals surface area contributed by atoms with Crippen molar-refractivity contribution in [2.75, 3.05) is 21.0 Å². The van der Waals surface area contributed by atoms with Gasteiger partial charge >= 0.3 is 0 Å². The molecule has 0 aliphatic carbocycles. The number of fused-ring (bicyclic) bond motifs is 1. The third kappa shape index (κ3) is 4.15. The van der Waals surface area contributed by atoms with E-state index in [0.29, 0.717) is 6.54 Å². The van der Waals surface area contributed by atoms with E-state index >= 15 is 0 Å². The van der Waals surface area contributed by atoms with Crippen molar-refractivity contribution in [2.24, 2.45) is 0 Å². The van der Waals surface area contributed by atoms with Crippen molar-refractivity contribution >= 4 is 10.8 Å². The second-order valence-corrected chi connectivity index (χ2v) is 6.20. The lowest BCUT2D eigenvalue weighted by Gasteiger charge is -2.18. The van der Waals surface area contributed by atoms with Crippen molar-refractivity contribution in [1.82, 2.24) is 5.32 Å². The van der Waals surface area contributed by atoms with Gasteiger partial charge in [-0.3, -0.25) is 0 Å². The molecule has 26 heavy (non-hydrogen) atoms. The van der Waals surface area contributed by atoms with E-state index in [1.54, 1.807) is 14.2 Å². The minimum atomic E-state index is 0.197. The fourth-order valence-electron chi connectivity index (χ4n) is 3.09. The van der Waals surface area contributed by atoms with E-state index < -0.39 is 0 Å². The summed E-state index contributed by atoms with van der Waals surface area (Å²) < 4.78 is 16.1. The lowest BCUT2D eigenvalue weighted by molar-refractivity contribution is 0.0503. The third-order valence-electron chi connectivity index (χ3n) is 4.49. The minimum Gasteiger partial charge on any atom is -0.497 e. The zero-order valence-electron chi connectivity index (χ0n) is 15.5. The molecular weight excluding hydrogens is 326 g/mol. The van der Waals surface area contributed by atoms with Crippen molar-refractivity contribution in [3.63, 3.8) is 0 Å². The van der Waals surface area contributed by atoms with Crippen molar-refractivity contribution < 1.29 is 14.2 Å². The Kier molecular flexibility index (Phi) is 6.10.